The van der Waals surface area contributed by atoms with E-state index in [1.54, 1.807) is 0 Å². The largest absolute Gasteiger partial charge is 0.506 e. The molecule has 0 fully saturated rings. The first kappa shape index (κ1) is 15.7. The molecule has 1 nitrogen and oxygen atoms in total. The fourth-order valence-corrected chi connectivity index (χ4v) is 3.70. The molecule has 0 aromatic heterocycles. The summed E-state index contributed by atoms with van der Waals surface area (Å²) in [5, 5.41) is 0.287. The Labute approximate surface area is 122 Å². The molecule has 0 spiro atoms. The standard InChI is InChI=1S/C13H21OSi.BrH.Mg/c1-13(2,3)15(4,5)14-11-12-9-7-6-8-10-12;;/h7-10H,11H2,1-5H3;1H;/q;;+1/p-1. The van der Waals surface area contributed by atoms with Crippen molar-refractivity contribution in [2.75, 3.05) is 0 Å². The van der Waals surface area contributed by atoms with Crippen LogP contribution in [-0.2, 0) is 11.0 Å². The van der Waals surface area contributed by atoms with Crippen LogP contribution in [0.15, 0.2) is 24.3 Å². The lowest BCUT2D eigenvalue weighted by Gasteiger charge is -2.36. The first-order chi connectivity index (χ1) is 7.76. The minimum atomic E-state index is -1.61. The maximum atomic E-state index is 6.19. The van der Waals surface area contributed by atoms with Crippen LogP contribution < -0.4 is 3.69 Å². The Morgan fingerprint density at radius 1 is 1.18 bits per heavy atom. The van der Waals surface area contributed by atoms with Crippen molar-refractivity contribution in [3.63, 3.8) is 0 Å². The highest BCUT2D eigenvalue weighted by atomic mass is 79.9. The molecule has 17 heavy (non-hydrogen) atoms. The van der Waals surface area contributed by atoms with Gasteiger partial charge in [-0.05, 0) is 23.7 Å². The van der Waals surface area contributed by atoms with E-state index >= 15 is 0 Å². The summed E-state index contributed by atoms with van der Waals surface area (Å²) in [6, 6.07) is 8.81. The van der Waals surface area contributed by atoms with Crippen molar-refractivity contribution < 1.29 is 4.43 Å². The summed E-state index contributed by atoms with van der Waals surface area (Å²) in [7, 11) is -1.61. The van der Waals surface area contributed by atoms with Crippen molar-refractivity contribution in [3.05, 3.63) is 29.8 Å². The molecule has 0 atom stereocenters. The van der Waals surface area contributed by atoms with E-state index in [1.807, 2.05) is 0 Å². The quantitative estimate of drug-likeness (QED) is 0.764. The maximum absolute atomic E-state index is 6.19. The molecular weight excluding hydrogens is 304 g/mol. The van der Waals surface area contributed by atoms with E-state index in [9.17, 15) is 0 Å². The number of benzene rings is 1. The highest BCUT2D eigenvalue weighted by Gasteiger charge is 2.36. The normalized spacial score (nSPS) is 12.4. The third-order valence-corrected chi connectivity index (χ3v) is 10.8. The molecule has 0 amide bonds. The van der Waals surface area contributed by atoms with Gasteiger partial charge in [0.1, 0.15) is 0 Å². The molecule has 0 N–H and O–H groups in total. The summed E-state index contributed by atoms with van der Waals surface area (Å²) in [5.74, 6) is 0. The number of rotatable bonds is 4. The molecule has 0 bridgehead atoms. The van der Waals surface area contributed by atoms with Crippen LogP contribution in [0.4, 0.5) is 0 Å². The number of hydrogen-bond acceptors (Lipinski definition) is 1. The summed E-state index contributed by atoms with van der Waals surface area (Å²) >= 11 is 3.39. The second-order valence-corrected chi connectivity index (χ2v) is 13.6. The van der Waals surface area contributed by atoms with Crippen molar-refractivity contribution in [2.24, 2.45) is 0 Å². The monoisotopic (exact) mass is 324 g/mol. The minimum Gasteiger partial charge on any atom is -0.413 e. The molecule has 0 unspecified atom stereocenters. The van der Waals surface area contributed by atoms with E-state index in [1.165, 1.54) is 9.26 Å². The highest BCUT2D eigenvalue weighted by molar-refractivity contribution is 9.23. The maximum Gasteiger partial charge on any atom is 0.506 e. The molecule has 0 heterocycles. The van der Waals surface area contributed by atoms with Crippen LogP contribution in [0.1, 0.15) is 26.3 Å². The Bertz CT molecular complexity index is 357. The van der Waals surface area contributed by atoms with Gasteiger partial charge in [0.05, 0.1) is 6.61 Å². The van der Waals surface area contributed by atoms with Gasteiger partial charge in [-0.2, -0.15) is 3.69 Å². The average molecular weight is 326 g/mol. The van der Waals surface area contributed by atoms with E-state index in [-0.39, 0.29) is 23.2 Å². The topological polar surface area (TPSA) is 9.23 Å². The molecule has 0 aliphatic heterocycles. The second-order valence-electron chi connectivity index (χ2n) is 6.00. The van der Waals surface area contributed by atoms with E-state index in [4.69, 9.17) is 4.43 Å². The van der Waals surface area contributed by atoms with Gasteiger partial charge in [0, 0.05) is 0 Å². The fourth-order valence-electron chi connectivity index (χ4n) is 1.20. The van der Waals surface area contributed by atoms with Crippen molar-refractivity contribution >= 4 is 43.1 Å². The summed E-state index contributed by atoms with van der Waals surface area (Å²) in [6.45, 7) is 12.2. The van der Waals surface area contributed by atoms with Gasteiger partial charge in [-0.25, -0.2) is 0 Å². The van der Waals surface area contributed by atoms with Crippen LogP contribution >= 0.6 is 12.9 Å². The third-order valence-electron chi connectivity index (χ3n) is 3.58. The highest BCUT2D eigenvalue weighted by Crippen LogP contribution is 2.36. The molecule has 0 aliphatic rings. The lowest BCUT2D eigenvalue weighted by atomic mass is 10.2. The predicted octanol–water partition coefficient (Wildman–Crippen LogP) is 3.85. The second kappa shape index (κ2) is 6.19. The van der Waals surface area contributed by atoms with E-state index < -0.39 is 8.32 Å². The lowest BCUT2D eigenvalue weighted by molar-refractivity contribution is 0.276. The van der Waals surface area contributed by atoms with Gasteiger partial charge in [-0.3, -0.25) is 12.9 Å². The van der Waals surface area contributed by atoms with Gasteiger partial charge in [-0.15, -0.1) is 0 Å². The Morgan fingerprint density at radius 3 is 2.12 bits per heavy atom. The van der Waals surface area contributed by atoms with Gasteiger partial charge in [0.25, 0.3) is 0 Å². The van der Waals surface area contributed by atoms with Gasteiger partial charge in [0.15, 0.2) is 8.32 Å². The fraction of sp³-hybridized carbons (Fsp3) is 0.538. The van der Waals surface area contributed by atoms with E-state index in [0.29, 0.717) is 0 Å². The molecule has 0 radical (unpaired) electrons. The van der Waals surface area contributed by atoms with Crippen LogP contribution in [0.25, 0.3) is 0 Å². The molecular formula is C13H21BrMgOSi. The SMILES string of the molecule is CC(C)(C)[Si](C)(C)OCc1cc[c]([Mg][Br])cc1. The molecule has 0 saturated heterocycles. The molecule has 4 heteroatoms. The Kier molecular flexibility index (Phi) is 5.72. The molecule has 0 saturated carbocycles. The Hall–Kier alpha value is 0.643. The van der Waals surface area contributed by atoms with E-state index in [2.05, 4.69) is 71.0 Å². The van der Waals surface area contributed by atoms with Gasteiger partial charge in [0.2, 0.25) is 0 Å². The predicted molar refractivity (Wildman–Crippen MR) is 82.7 cm³/mol. The van der Waals surface area contributed by atoms with Crippen molar-refractivity contribution in [1.82, 2.24) is 0 Å². The zero-order chi connectivity index (χ0) is 13.1. The van der Waals surface area contributed by atoms with Gasteiger partial charge >= 0.3 is 18.2 Å². The van der Waals surface area contributed by atoms with Gasteiger partial charge in [-0.1, -0.05) is 45.0 Å². The summed E-state index contributed by atoms with van der Waals surface area (Å²) in [5.41, 5.74) is 1.29. The molecule has 92 valence electrons. The smallest absolute Gasteiger partial charge is 0.413 e. The van der Waals surface area contributed by atoms with Crippen molar-refractivity contribution in [3.8, 4) is 0 Å². The van der Waals surface area contributed by atoms with Gasteiger partial charge < -0.3 is 4.43 Å². The summed E-state index contributed by atoms with van der Waals surface area (Å²) in [4.78, 5) is 0. The Balaban J connectivity index is 2.61. The number of halogens is 1. The third kappa shape index (κ3) is 4.67. The first-order valence-corrected chi connectivity index (χ1v) is 13.6. The molecule has 1 rings (SSSR count). The first-order valence-electron chi connectivity index (χ1n) is 6.04. The summed E-state index contributed by atoms with van der Waals surface area (Å²) < 4.78 is 7.64. The lowest BCUT2D eigenvalue weighted by Crippen LogP contribution is -2.40. The van der Waals surface area contributed by atoms with Crippen molar-refractivity contribution in [1.29, 1.82) is 0 Å². The molecule has 0 aliphatic carbocycles. The average Bonchev–Trinajstić information content (AvgIpc) is 2.25. The van der Waals surface area contributed by atoms with Crippen LogP contribution in [0.3, 0.4) is 0 Å². The summed E-state index contributed by atoms with van der Waals surface area (Å²) in [6.07, 6.45) is 0. The zero-order valence-electron chi connectivity index (χ0n) is 11.5. The zero-order valence-corrected chi connectivity index (χ0v) is 15.5. The molecule has 1 aromatic rings. The van der Waals surface area contributed by atoms with Crippen LogP contribution in [0.2, 0.25) is 18.1 Å². The van der Waals surface area contributed by atoms with Crippen molar-refractivity contribution in [2.45, 2.75) is 45.5 Å². The van der Waals surface area contributed by atoms with E-state index in [0.717, 1.165) is 6.61 Å². The van der Waals surface area contributed by atoms with Crippen LogP contribution in [0.5, 0.6) is 0 Å². The van der Waals surface area contributed by atoms with Crippen LogP contribution in [0, 0.1) is 0 Å². The number of hydrogen-bond donors (Lipinski definition) is 0. The molecule has 1 aromatic carbocycles. The Morgan fingerprint density at radius 2 is 1.71 bits per heavy atom. The van der Waals surface area contributed by atoms with Crippen LogP contribution in [-0.4, -0.2) is 26.5 Å². The minimum absolute atomic E-state index is 0.208.